The highest BCUT2D eigenvalue weighted by Crippen LogP contribution is 2.18. The molecule has 0 fully saturated rings. The Bertz CT molecular complexity index is 879. The van der Waals surface area contributed by atoms with Gasteiger partial charge in [0.15, 0.2) is 0 Å². The minimum absolute atomic E-state index is 0.0382. The summed E-state index contributed by atoms with van der Waals surface area (Å²) in [5.41, 5.74) is 0. The average Bonchev–Trinajstić information content (AvgIpc) is 3.27. The normalized spacial score (nSPS) is 13.3. The SMILES string of the molecule is CCCCCCCCCCCCCC/C=C\CCCCCCCCCCC(O)CC(=O)NC(CO)C(O)CCCCCCCCCCCCCCCCCCCCCCCCC. The fourth-order valence-electron chi connectivity index (χ4n) is 9.23. The Hall–Kier alpha value is -0.910. The highest BCUT2D eigenvalue weighted by molar-refractivity contribution is 5.76. The third kappa shape index (κ3) is 48.5. The van der Waals surface area contributed by atoms with Crippen LogP contribution in [0.2, 0.25) is 0 Å². The predicted octanol–water partition coefficient (Wildman–Crippen LogP) is 17.5. The molecular formula is C57H113NO4. The van der Waals surface area contributed by atoms with E-state index in [1.54, 1.807) is 0 Å². The van der Waals surface area contributed by atoms with Crippen molar-refractivity contribution in [2.45, 2.75) is 340 Å². The first-order valence-corrected chi connectivity index (χ1v) is 28.5. The maximum Gasteiger partial charge on any atom is 0.222 e. The Labute approximate surface area is 389 Å². The Morgan fingerprint density at radius 3 is 0.935 bits per heavy atom. The van der Waals surface area contributed by atoms with Crippen LogP contribution < -0.4 is 5.32 Å². The quantitative estimate of drug-likeness (QED) is 0.0362. The van der Waals surface area contributed by atoms with Gasteiger partial charge in [0, 0.05) is 0 Å². The Kier molecular flexibility index (Phi) is 51.9. The maximum absolute atomic E-state index is 12.5. The van der Waals surface area contributed by atoms with Crippen LogP contribution in [0.1, 0.15) is 322 Å². The molecule has 0 aliphatic heterocycles. The molecule has 0 aromatic carbocycles. The van der Waals surface area contributed by atoms with E-state index in [1.807, 2.05) is 0 Å². The van der Waals surface area contributed by atoms with Gasteiger partial charge in [0.1, 0.15) is 0 Å². The van der Waals surface area contributed by atoms with Crippen LogP contribution in [-0.2, 0) is 4.79 Å². The number of carbonyl (C=O) groups is 1. The summed E-state index contributed by atoms with van der Waals surface area (Å²) < 4.78 is 0. The van der Waals surface area contributed by atoms with Gasteiger partial charge in [-0.25, -0.2) is 0 Å². The number of allylic oxidation sites excluding steroid dienone is 2. The summed E-state index contributed by atoms with van der Waals surface area (Å²) in [6.07, 6.45) is 65.1. The van der Waals surface area contributed by atoms with Gasteiger partial charge in [0.05, 0.1) is 31.3 Å². The van der Waals surface area contributed by atoms with Crippen LogP contribution in [0.4, 0.5) is 0 Å². The fraction of sp³-hybridized carbons (Fsp3) is 0.947. The van der Waals surface area contributed by atoms with E-state index < -0.39 is 18.2 Å². The Balaban J connectivity index is 3.52. The lowest BCUT2D eigenvalue weighted by atomic mass is 10.0. The molecule has 0 rings (SSSR count). The number of amides is 1. The van der Waals surface area contributed by atoms with Crippen molar-refractivity contribution >= 4 is 5.91 Å². The summed E-state index contributed by atoms with van der Waals surface area (Å²) in [6.45, 7) is 4.31. The summed E-state index contributed by atoms with van der Waals surface area (Å²) in [4.78, 5) is 12.5. The number of unbranched alkanes of at least 4 members (excludes halogenated alkanes) is 42. The first-order chi connectivity index (χ1) is 30.5. The van der Waals surface area contributed by atoms with Crippen molar-refractivity contribution in [2.75, 3.05) is 6.61 Å². The van der Waals surface area contributed by atoms with Crippen molar-refractivity contribution in [3.8, 4) is 0 Å². The second kappa shape index (κ2) is 52.7. The molecule has 0 aliphatic rings. The molecule has 0 aliphatic carbocycles. The highest BCUT2D eigenvalue weighted by Gasteiger charge is 2.21. The molecule has 5 heteroatoms. The molecule has 0 bridgehead atoms. The molecule has 4 N–H and O–H groups in total. The second-order valence-corrected chi connectivity index (χ2v) is 19.9. The van der Waals surface area contributed by atoms with Crippen molar-refractivity contribution in [3.63, 3.8) is 0 Å². The zero-order valence-corrected chi connectivity index (χ0v) is 42.3. The lowest BCUT2D eigenvalue weighted by Gasteiger charge is -2.23. The van der Waals surface area contributed by atoms with E-state index >= 15 is 0 Å². The number of aliphatic hydroxyl groups is 3. The van der Waals surface area contributed by atoms with Crippen LogP contribution in [0.5, 0.6) is 0 Å². The van der Waals surface area contributed by atoms with Gasteiger partial charge in [0.2, 0.25) is 5.91 Å². The predicted molar refractivity (Wildman–Crippen MR) is 273 cm³/mol. The summed E-state index contributed by atoms with van der Waals surface area (Å²) >= 11 is 0. The van der Waals surface area contributed by atoms with Gasteiger partial charge >= 0.3 is 0 Å². The molecular weight excluding hydrogens is 763 g/mol. The number of rotatable bonds is 53. The third-order valence-corrected chi connectivity index (χ3v) is 13.6. The number of nitrogens with one attached hydrogen (secondary N) is 1. The maximum atomic E-state index is 12.5. The molecule has 3 atom stereocenters. The molecule has 0 spiro atoms. The Morgan fingerprint density at radius 1 is 0.387 bits per heavy atom. The molecule has 3 unspecified atom stereocenters. The number of hydrogen-bond acceptors (Lipinski definition) is 4. The van der Waals surface area contributed by atoms with Gasteiger partial charge in [-0.05, 0) is 38.5 Å². The molecule has 0 saturated heterocycles. The standard InChI is InChI=1S/C57H113NO4/c1-3-5-7-9-11-13-15-17-19-21-23-25-27-29-30-32-34-36-38-40-42-44-46-48-50-54(60)52-57(62)58-55(53-59)56(61)51-49-47-45-43-41-39-37-35-33-31-28-26-24-22-20-18-16-14-12-10-8-6-4-2/h29-30,54-56,59-61H,3-28,31-53H2,1-2H3,(H,58,62)/b30-29-. The van der Waals surface area contributed by atoms with Gasteiger partial charge in [0.25, 0.3) is 0 Å². The zero-order chi connectivity index (χ0) is 45.1. The third-order valence-electron chi connectivity index (χ3n) is 13.6. The molecule has 0 heterocycles. The van der Waals surface area contributed by atoms with Crippen molar-refractivity contribution in [2.24, 2.45) is 0 Å². The largest absolute Gasteiger partial charge is 0.394 e. The van der Waals surface area contributed by atoms with Crippen molar-refractivity contribution < 1.29 is 20.1 Å². The number of hydrogen-bond donors (Lipinski definition) is 4. The summed E-state index contributed by atoms with van der Waals surface area (Å²) in [6, 6.07) is -0.658. The van der Waals surface area contributed by atoms with E-state index in [9.17, 15) is 20.1 Å². The van der Waals surface area contributed by atoms with E-state index in [4.69, 9.17) is 0 Å². The van der Waals surface area contributed by atoms with E-state index in [0.717, 1.165) is 25.7 Å². The van der Waals surface area contributed by atoms with Crippen LogP contribution in [0.25, 0.3) is 0 Å². The zero-order valence-electron chi connectivity index (χ0n) is 42.3. The van der Waals surface area contributed by atoms with Crippen LogP contribution in [-0.4, -0.2) is 46.1 Å². The van der Waals surface area contributed by atoms with Gasteiger partial charge in [-0.1, -0.05) is 289 Å². The van der Waals surface area contributed by atoms with Crippen LogP contribution >= 0.6 is 0 Å². The minimum Gasteiger partial charge on any atom is -0.394 e. The average molecular weight is 877 g/mol. The van der Waals surface area contributed by atoms with Crippen LogP contribution in [0, 0.1) is 0 Å². The van der Waals surface area contributed by atoms with Crippen molar-refractivity contribution in [1.82, 2.24) is 5.32 Å². The van der Waals surface area contributed by atoms with E-state index in [2.05, 4.69) is 31.3 Å². The lowest BCUT2D eigenvalue weighted by molar-refractivity contribution is -0.125. The molecule has 0 aromatic rings. The molecule has 370 valence electrons. The minimum atomic E-state index is -0.749. The topological polar surface area (TPSA) is 89.8 Å². The molecule has 0 aromatic heterocycles. The Morgan fingerprint density at radius 2 is 0.645 bits per heavy atom. The number of carbonyl (C=O) groups excluding carboxylic acids is 1. The van der Waals surface area contributed by atoms with Crippen molar-refractivity contribution in [3.05, 3.63) is 12.2 Å². The van der Waals surface area contributed by atoms with Crippen LogP contribution in [0.15, 0.2) is 12.2 Å². The molecule has 62 heavy (non-hydrogen) atoms. The lowest BCUT2D eigenvalue weighted by Crippen LogP contribution is -2.46. The van der Waals surface area contributed by atoms with Gasteiger partial charge < -0.3 is 20.6 Å². The summed E-state index contributed by atoms with van der Waals surface area (Å²) in [5, 5.41) is 33.7. The monoisotopic (exact) mass is 876 g/mol. The van der Waals surface area contributed by atoms with Gasteiger partial charge in [-0.3, -0.25) is 4.79 Å². The van der Waals surface area contributed by atoms with Gasteiger partial charge in [-0.2, -0.15) is 0 Å². The second-order valence-electron chi connectivity index (χ2n) is 19.9. The van der Waals surface area contributed by atoms with E-state index in [-0.39, 0.29) is 18.9 Å². The van der Waals surface area contributed by atoms with Crippen molar-refractivity contribution in [1.29, 1.82) is 0 Å². The van der Waals surface area contributed by atoms with Gasteiger partial charge in [-0.15, -0.1) is 0 Å². The summed E-state index contributed by atoms with van der Waals surface area (Å²) in [7, 11) is 0. The molecule has 5 nitrogen and oxygen atoms in total. The molecule has 0 radical (unpaired) electrons. The van der Waals surface area contributed by atoms with Crippen LogP contribution in [0.3, 0.4) is 0 Å². The number of aliphatic hydroxyl groups excluding tert-OH is 3. The van der Waals surface area contributed by atoms with E-state index in [1.165, 1.54) is 263 Å². The first-order valence-electron chi connectivity index (χ1n) is 28.5. The first kappa shape index (κ1) is 61.1. The fourth-order valence-corrected chi connectivity index (χ4v) is 9.23. The molecule has 0 saturated carbocycles. The smallest absolute Gasteiger partial charge is 0.222 e. The molecule has 1 amide bonds. The summed E-state index contributed by atoms with van der Waals surface area (Å²) in [5.74, 6) is -0.279. The highest BCUT2D eigenvalue weighted by atomic mass is 16.3. The van der Waals surface area contributed by atoms with E-state index in [0.29, 0.717) is 12.8 Å².